The first-order valence-electron chi connectivity index (χ1n) is 7.83. The van der Waals surface area contributed by atoms with Gasteiger partial charge in [0.2, 0.25) is 5.91 Å². The molecule has 1 aromatic heterocycles. The quantitative estimate of drug-likeness (QED) is 0.631. The van der Waals surface area contributed by atoms with E-state index < -0.39 is 0 Å². The topological polar surface area (TPSA) is 90.1 Å². The number of nitrogens with one attached hydrogen (secondary N) is 3. The van der Waals surface area contributed by atoms with E-state index >= 15 is 0 Å². The Kier molecular flexibility index (Phi) is 4.65. The number of aromatic nitrogens is 2. The number of H-pyrrole nitrogens is 1. The maximum atomic E-state index is 12.1. The summed E-state index contributed by atoms with van der Waals surface area (Å²) < 4.78 is 0. The number of nitrogens with zero attached hydrogens (tertiary/aromatic N) is 2. The van der Waals surface area contributed by atoms with Crippen molar-refractivity contribution in [3.8, 4) is 0 Å². The molecule has 3 rings (SSSR count). The van der Waals surface area contributed by atoms with Gasteiger partial charge in [0.15, 0.2) is 0 Å². The van der Waals surface area contributed by atoms with Crippen molar-refractivity contribution >= 4 is 28.5 Å². The minimum atomic E-state index is -0.373. The van der Waals surface area contributed by atoms with E-state index in [1.54, 1.807) is 18.2 Å². The smallest absolute Gasteiger partial charge is 0.269 e. The number of carbonyl (C=O) groups excluding carboxylic acids is 2. The Hall–Kier alpha value is -3.35. The van der Waals surface area contributed by atoms with Gasteiger partial charge in [-0.25, -0.2) is 4.98 Å². The number of benzene rings is 2. The molecule has 1 heterocycles. The van der Waals surface area contributed by atoms with Crippen molar-refractivity contribution in [1.29, 1.82) is 0 Å². The van der Waals surface area contributed by atoms with Gasteiger partial charge in [0, 0.05) is 25.3 Å². The van der Waals surface area contributed by atoms with Gasteiger partial charge in [0.05, 0.1) is 17.5 Å². The lowest BCUT2D eigenvalue weighted by molar-refractivity contribution is -0.121. The molecule has 0 unspecified atom stereocenters. The summed E-state index contributed by atoms with van der Waals surface area (Å²) in [7, 11) is 3.79. The number of carbonyl (C=O) groups is 2. The number of anilines is 1. The molecule has 128 valence electrons. The molecule has 7 nitrogen and oxygen atoms in total. The molecule has 0 saturated heterocycles. The molecule has 3 aromatic rings. The van der Waals surface area contributed by atoms with Crippen LogP contribution in [-0.4, -0.2) is 35.9 Å². The zero-order chi connectivity index (χ0) is 17.8. The van der Waals surface area contributed by atoms with Gasteiger partial charge in [0.25, 0.3) is 5.91 Å². The van der Waals surface area contributed by atoms with Gasteiger partial charge in [-0.15, -0.1) is 0 Å². The monoisotopic (exact) mass is 337 g/mol. The predicted octanol–water partition coefficient (Wildman–Crippen LogP) is 1.63. The molecule has 0 aliphatic heterocycles. The molecule has 0 fully saturated rings. The molecule has 0 aliphatic carbocycles. The first-order chi connectivity index (χ1) is 12.0. The zero-order valence-electron chi connectivity index (χ0n) is 14.0. The molecule has 0 atom stereocenters. The Morgan fingerprint density at radius 1 is 1.08 bits per heavy atom. The van der Waals surface area contributed by atoms with E-state index in [0.717, 1.165) is 16.7 Å². The van der Waals surface area contributed by atoms with Gasteiger partial charge in [-0.2, -0.15) is 0 Å². The summed E-state index contributed by atoms with van der Waals surface area (Å²) in [6.07, 6.45) is 0.0483. The summed E-state index contributed by atoms with van der Waals surface area (Å²) in [5.74, 6) is -0.180. The lowest BCUT2D eigenvalue weighted by Crippen LogP contribution is -2.42. The lowest BCUT2D eigenvalue weighted by atomic mass is 10.2. The highest BCUT2D eigenvalue weighted by Gasteiger charge is 2.11. The van der Waals surface area contributed by atoms with Crippen molar-refractivity contribution in [1.82, 2.24) is 20.8 Å². The van der Waals surface area contributed by atoms with Crippen LogP contribution in [0.4, 0.5) is 5.69 Å². The summed E-state index contributed by atoms with van der Waals surface area (Å²) in [6.45, 7) is 0. The van der Waals surface area contributed by atoms with E-state index in [-0.39, 0.29) is 18.2 Å². The Morgan fingerprint density at radius 2 is 1.88 bits per heavy atom. The zero-order valence-corrected chi connectivity index (χ0v) is 14.0. The molecule has 2 amide bonds. The molecule has 2 aromatic carbocycles. The van der Waals surface area contributed by atoms with Crippen LogP contribution in [0.1, 0.15) is 16.2 Å². The number of imidazole rings is 1. The van der Waals surface area contributed by atoms with E-state index in [9.17, 15) is 9.59 Å². The highest BCUT2D eigenvalue weighted by molar-refractivity contribution is 5.96. The molecule has 25 heavy (non-hydrogen) atoms. The number of para-hydroxylation sites is 2. The van der Waals surface area contributed by atoms with Gasteiger partial charge in [-0.1, -0.05) is 18.2 Å². The summed E-state index contributed by atoms with van der Waals surface area (Å²) in [5.41, 5.74) is 7.87. The van der Waals surface area contributed by atoms with Crippen molar-refractivity contribution in [2.45, 2.75) is 6.42 Å². The predicted molar refractivity (Wildman–Crippen MR) is 96.2 cm³/mol. The first-order valence-corrected chi connectivity index (χ1v) is 7.83. The molecule has 0 aliphatic rings. The van der Waals surface area contributed by atoms with Gasteiger partial charge in [0.1, 0.15) is 5.82 Å². The Morgan fingerprint density at radius 3 is 2.64 bits per heavy atom. The minimum absolute atomic E-state index is 0.0483. The molecule has 0 bridgehead atoms. The Balaban J connectivity index is 1.58. The second-order valence-electron chi connectivity index (χ2n) is 5.82. The highest BCUT2D eigenvalue weighted by Crippen LogP contribution is 2.13. The van der Waals surface area contributed by atoms with Crippen molar-refractivity contribution in [3.05, 3.63) is 59.9 Å². The van der Waals surface area contributed by atoms with Crippen molar-refractivity contribution in [2.75, 3.05) is 19.0 Å². The summed E-state index contributed by atoms with van der Waals surface area (Å²) in [5, 5.41) is 0. The summed E-state index contributed by atoms with van der Waals surface area (Å²) in [6, 6.07) is 14.7. The minimum Gasteiger partial charge on any atom is -0.378 e. The van der Waals surface area contributed by atoms with Gasteiger partial charge >= 0.3 is 0 Å². The molecule has 0 radical (unpaired) electrons. The number of hydrazine groups is 1. The highest BCUT2D eigenvalue weighted by atomic mass is 16.2. The maximum absolute atomic E-state index is 12.1. The van der Waals surface area contributed by atoms with Crippen LogP contribution in [0.5, 0.6) is 0 Å². The van der Waals surface area contributed by atoms with Crippen molar-refractivity contribution in [2.24, 2.45) is 0 Å². The fourth-order valence-corrected chi connectivity index (χ4v) is 2.41. The number of fused-ring (bicyclic) bond motifs is 1. The second kappa shape index (κ2) is 7.04. The van der Waals surface area contributed by atoms with Crippen LogP contribution in [-0.2, 0) is 11.2 Å². The number of amides is 2. The second-order valence-corrected chi connectivity index (χ2v) is 5.82. The van der Waals surface area contributed by atoms with E-state index in [1.807, 2.05) is 49.3 Å². The average molecular weight is 337 g/mol. The molecule has 0 saturated carbocycles. The van der Waals surface area contributed by atoms with E-state index in [1.165, 1.54) is 0 Å². The first kappa shape index (κ1) is 16.5. The average Bonchev–Trinajstić information content (AvgIpc) is 3.01. The molecular formula is C18H19N5O2. The van der Waals surface area contributed by atoms with Crippen molar-refractivity contribution < 1.29 is 9.59 Å². The fourth-order valence-electron chi connectivity index (χ4n) is 2.41. The molecule has 3 N–H and O–H groups in total. The van der Waals surface area contributed by atoms with E-state index in [4.69, 9.17) is 0 Å². The van der Waals surface area contributed by atoms with Crippen LogP contribution >= 0.6 is 0 Å². The SMILES string of the molecule is CN(C)c1cccc(C(=O)NNC(=O)Cc2nc3ccccc3[nH]2)c1. The van der Waals surface area contributed by atoms with Crippen LogP contribution < -0.4 is 15.8 Å². The molecule has 0 spiro atoms. The fraction of sp³-hybridized carbons (Fsp3) is 0.167. The van der Waals surface area contributed by atoms with Crippen molar-refractivity contribution in [3.63, 3.8) is 0 Å². The third-order valence-corrected chi connectivity index (χ3v) is 3.71. The number of aromatic amines is 1. The van der Waals surface area contributed by atoms with Crippen LogP contribution in [0.15, 0.2) is 48.5 Å². The van der Waals surface area contributed by atoms with Gasteiger partial charge in [-0.3, -0.25) is 20.4 Å². The van der Waals surface area contributed by atoms with Crippen LogP contribution in [0.2, 0.25) is 0 Å². The van der Waals surface area contributed by atoms with Crippen LogP contribution in [0.25, 0.3) is 11.0 Å². The molecular weight excluding hydrogens is 318 g/mol. The van der Waals surface area contributed by atoms with Gasteiger partial charge in [-0.05, 0) is 30.3 Å². The van der Waals surface area contributed by atoms with Crippen LogP contribution in [0.3, 0.4) is 0 Å². The van der Waals surface area contributed by atoms with Gasteiger partial charge < -0.3 is 9.88 Å². The van der Waals surface area contributed by atoms with E-state index in [0.29, 0.717) is 11.4 Å². The number of hydrogen-bond donors (Lipinski definition) is 3. The van der Waals surface area contributed by atoms with Crippen LogP contribution in [0, 0.1) is 0 Å². The largest absolute Gasteiger partial charge is 0.378 e. The van der Waals surface area contributed by atoms with E-state index in [2.05, 4.69) is 20.8 Å². The standard InChI is InChI=1S/C18H19N5O2/c1-23(2)13-7-5-6-12(10-13)18(25)22-21-17(24)11-16-19-14-8-3-4-9-15(14)20-16/h3-10H,11H2,1-2H3,(H,19,20)(H,21,24)(H,22,25). The summed E-state index contributed by atoms with van der Waals surface area (Å²) in [4.78, 5) is 33.5. The summed E-state index contributed by atoms with van der Waals surface area (Å²) >= 11 is 0. The third-order valence-electron chi connectivity index (χ3n) is 3.71. The number of hydrogen-bond acceptors (Lipinski definition) is 4. The maximum Gasteiger partial charge on any atom is 0.269 e. The Labute approximate surface area is 145 Å². The lowest BCUT2D eigenvalue weighted by Gasteiger charge is -2.13. The number of rotatable bonds is 4. The Bertz CT molecular complexity index is 883. The third kappa shape index (κ3) is 3.95. The molecule has 7 heteroatoms. The normalized spacial score (nSPS) is 10.5.